The van der Waals surface area contributed by atoms with Crippen LogP contribution in [0.4, 0.5) is 5.82 Å². The smallest absolute Gasteiger partial charge is 0.173 e. The van der Waals surface area contributed by atoms with E-state index in [1.54, 1.807) is 0 Å². The summed E-state index contributed by atoms with van der Waals surface area (Å²) in [4.78, 5) is 6.57. The van der Waals surface area contributed by atoms with E-state index in [0.29, 0.717) is 17.9 Å². The molecule has 1 aromatic carbocycles. The number of aromatic nitrogens is 1. The molecule has 0 aliphatic heterocycles. The zero-order valence-electron chi connectivity index (χ0n) is 12.0. The van der Waals surface area contributed by atoms with Crippen LogP contribution in [0.15, 0.2) is 35.5 Å². The maximum atomic E-state index is 9.24. The van der Waals surface area contributed by atoms with Crippen LogP contribution < -0.4 is 10.6 Å². The number of aliphatic hydroxyl groups is 1. The molecule has 0 saturated heterocycles. The third kappa shape index (κ3) is 3.22. The monoisotopic (exact) mass is 288 g/mol. The molecule has 21 heavy (non-hydrogen) atoms. The average molecular weight is 288 g/mol. The van der Waals surface area contributed by atoms with Crippen molar-refractivity contribution >= 4 is 22.6 Å². The van der Waals surface area contributed by atoms with Crippen molar-refractivity contribution in [2.75, 3.05) is 24.6 Å². The topological polar surface area (TPSA) is 95.0 Å². The van der Waals surface area contributed by atoms with Crippen LogP contribution >= 0.6 is 0 Å². The van der Waals surface area contributed by atoms with Crippen LogP contribution in [0.3, 0.4) is 0 Å². The summed E-state index contributed by atoms with van der Waals surface area (Å²) in [5.41, 5.74) is 7.19. The van der Waals surface area contributed by atoms with Crippen molar-refractivity contribution in [3.05, 3.63) is 35.9 Å². The van der Waals surface area contributed by atoms with Gasteiger partial charge in [0.2, 0.25) is 0 Å². The van der Waals surface area contributed by atoms with Crippen molar-refractivity contribution in [2.24, 2.45) is 10.9 Å². The molecular weight excluding hydrogens is 268 g/mol. The molecule has 0 unspecified atom stereocenters. The first-order valence-corrected chi connectivity index (χ1v) is 6.94. The van der Waals surface area contributed by atoms with Crippen molar-refractivity contribution in [1.29, 1.82) is 0 Å². The molecule has 0 amide bonds. The van der Waals surface area contributed by atoms with Crippen LogP contribution in [0.5, 0.6) is 0 Å². The molecule has 4 N–H and O–H groups in total. The number of anilines is 1. The van der Waals surface area contributed by atoms with E-state index in [0.717, 1.165) is 23.9 Å². The highest BCUT2D eigenvalue weighted by atomic mass is 16.4. The molecule has 112 valence electrons. The molecule has 6 nitrogen and oxygen atoms in total. The van der Waals surface area contributed by atoms with Crippen molar-refractivity contribution in [3.63, 3.8) is 0 Å². The fourth-order valence-electron chi connectivity index (χ4n) is 2.30. The standard InChI is InChI=1S/C15H20N4O2/c1-2-7-19(8-9-20)15-12(14(16)18-21)10-11-5-3-4-6-13(11)17-15/h3-6,10,20-21H,2,7-9H2,1H3,(H2,16,18). The van der Waals surface area contributed by atoms with Crippen molar-refractivity contribution in [1.82, 2.24) is 4.98 Å². The second-order valence-electron chi connectivity index (χ2n) is 4.75. The van der Waals surface area contributed by atoms with E-state index >= 15 is 0 Å². The van der Waals surface area contributed by atoms with Gasteiger partial charge in [-0.1, -0.05) is 30.3 Å². The van der Waals surface area contributed by atoms with Gasteiger partial charge in [0.25, 0.3) is 0 Å². The van der Waals surface area contributed by atoms with Crippen molar-refractivity contribution in [2.45, 2.75) is 13.3 Å². The van der Waals surface area contributed by atoms with Gasteiger partial charge in [0.15, 0.2) is 5.84 Å². The molecule has 2 aromatic rings. The largest absolute Gasteiger partial charge is 0.409 e. The van der Waals surface area contributed by atoms with Gasteiger partial charge in [0.1, 0.15) is 5.82 Å². The molecule has 6 heteroatoms. The molecule has 0 saturated carbocycles. The molecule has 0 bridgehead atoms. The number of benzene rings is 1. The summed E-state index contributed by atoms with van der Waals surface area (Å²) in [6, 6.07) is 9.52. The summed E-state index contributed by atoms with van der Waals surface area (Å²) in [6.07, 6.45) is 0.907. The van der Waals surface area contributed by atoms with Gasteiger partial charge in [-0.15, -0.1) is 0 Å². The van der Waals surface area contributed by atoms with E-state index in [4.69, 9.17) is 10.9 Å². The third-order valence-corrected chi connectivity index (χ3v) is 3.25. The van der Waals surface area contributed by atoms with Crippen molar-refractivity contribution < 1.29 is 10.3 Å². The molecule has 1 aromatic heterocycles. The summed E-state index contributed by atoms with van der Waals surface area (Å²) < 4.78 is 0. The van der Waals surface area contributed by atoms with E-state index in [1.165, 1.54) is 0 Å². The van der Waals surface area contributed by atoms with Gasteiger partial charge in [-0.3, -0.25) is 0 Å². The highest BCUT2D eigenvalue weighted by molar-refractivity contribution is 6.04. The van der Waals surface area contributed by atoms with Crippen LogP contribution in [-0.2, 0) is 0 Å². The lowest BCUT2D eigenvalue weighted by molar-refractivity contribution is 0.301. The fraction of sp³-hybridized carbons (Fsp3) is 0.333. The molecule has 1 heterocycles. The first-order valence-electron chi connectivity index (χ1n) is 6.94. The van der Waals surface area contributed by atoms with E-state index in [9.17, 15) is 5.11 Å². The van der Waals surface area contributed by atoms with Gasteiger partial charge in [0.05, 0.1) is 17.7 Å². The summed E-state index contributed by atoms with van der Waals surface area (Å²) >= 11 is 0. The molecular formula is C15H20N4O2. The van der Waals surface area contributed by atoms with E-state index in [-0.39, 0.29) is 12.4 Å². The van der Waals surface area contributed by atoms with Gasteiger partial charge >= 0.3 is 0 Å². The molecule has 0 radical (unpaired) electrons. The van der Waals surface area contributed by atoms with Crippen molar-refractivity contribution in [3.8, 4) is 0 Å². The van der Waals surface area contributed by atoms with Crippen LogP contribution in [0.2, 0.25) is 0 Å². The number of rotatable bonds is 6. The maximum Gasteiger partial charge on any atom is 0.173 e. The highest BCUT2D eigenvalue weighted by Crippen LogP contribution is 2.23. The Morgan fingerprint density at radius 3 is 2.76 bits per heavy atom. The van der Waals surface area contributed by atoms with E-state index in [2.05, 4.69) is 17.1 Å². The Kier molecular flexibility index (Phi) is 4.94. The normalized spacial score (nSPS) is 11.8. The van der Waals surface area contributed by atoms with Gasteiger partial charge < -0.3 is 20.9 Å². The Morgan fingerprint density at radius 1 is 1.33 bits per heavy atom. The number of amidine groups is 1. The Hall–Kier alpha value is -2.34. The molecule has 0 fully saturated rings. The number of hydrogen-bond acceptors (Lipinski definition) is 5. The van der Waals surface area contributed by atoms with Crippen LogP contribution in [0.25, 0.3) is 10.9 Å². The lowest BCUT2D eigenvalue weighted by Crippen LogP contribution is -2.31. The van der Waals surface area contributed by atoms with E-state index in [1.807, 2.05) is 35.2 Å². The number of nitrogens with zero attached hydrogens (tertiary/aromatic N) is 3. The summed E-state index contributed by atoms with van der Waals surface area (Å²) in [5.74, 6) is 0.641. The number of fused-ring (bicyclic) bond motifs is 1. The molecule has 2 rings (SSSR count). The number of aliphatic hydroxyl groups excluding tert-OH is 1. The molecule has 0 spiro atoms. The van der Waals surface area contributed by atoms with Gasteiger partial charge in [-0.05, 0) is 18.6 Å². The van der Waals surface area contributed by atoms with E-state index < -0.39 is 0 Å². The quantitative estimate of drug-likeness (QED) is 0.324. The first kappa shape index (κ1) is 15.1. The lowest BCUT2D eigenvalue weighted by Gasteiger charge is -2.24. The Bertz CT molecular complexity index is 637. The molecule has 0 aliphatic rings. The maximum absolute atomic E-state index is 9.24. The van der Waals surface area contributed by atoms with Gasteiger partial charge in [-0.25, -0.2) is 4.98 Å². The van der Waals surface area contributed by atoms with Gasteiger partial charge in [0, 0.05) is 18.5 Å². The summed E-state index contributed by atoms with van der Waals surface area (Å²) in [5, 5.41) is 22.3. The predicted molar refractivity (Wildman–Crippen MR) is 83.8 cm³/mol. The Balaban J connectivity index is 2.62. The average Bonchev–Trinajstić information content (AvgIpc) is 2.52. The second kappa shape index (κ2) is 6.90. The summed E-state index contributed by atoms with van der Waals surface area (Å²) in [6.45, 7) is 3.25. The zero-order chi connectivity index (χ0) is 15.2. The second-order valence-corrected chi connectivity index (χ2v) is 4.75. The summed E-state index contributed by atoms with van der Waals surface area (Å²) in [7, 11) is 0. The predicted octanol–water partition coefficient (Wildman–Crippen LogP) is 1.54. The Morgan fingerprint density at radius 2 is 2.10 bits per heavy atom. The van der Waals surface area contributed by atoms with Crippen LogP contribution in [0, 0.1) is 0 Å². The van der Waals surface area contributed by atoms with Crippen LogP contribution in [0.1, 0.15) is 18.9 Å². The Labute approximate surface area is 123 Å². The van der Waals surface area contributed by atoms with Crippen LogP contribution in [-0.4, -0.2) is 40.8 Å². The zero-order valence-corrected chi connectivity index (χ0v) is 12.0. The number of oxime groups is 1. The minimum absolute atomic E-state index is 0.0160. The lowest BCUT2D eigenvalue weighted by atomic mass is 10.1. The number of hydrogen-bond donors (Lipinski definition) is 3. The van der Waals surface area contributed by atoms with Gasteiger partial charge in [-0.2, -0.15) is 0 Å². The minimum atomic E-state index is 0.0160. The highest BCUT2D eigenvalue weighted by Gasteiger charge is 2.16. The third-order valence-electron chi connectivity index (χ3n) is 3.25. The molecule has 0 aliphatic carbocycles. The number of pyridine rings is 1. The fourth-order valence-corrected chi connectivity index (χ4v) is 2.30. The first-order chi connectivity index (χ1) is 10.2. The SMILES string of the molecule is CCCN(CCO)c1nc2ccccc2cc1C(N)=NO. The number of nitrogens with two attached hydrogens (primary N) is 1. The number of para-hydroxylation sites is 1. The minimum Gasteiger partial charge on any atom is -0.409 e. The molecule has 0 atom stereocenters.